The number of nitrogens with zero attached hydrogens (tertiary/aromatic N) is 4. The number of nitrogens with one attached hydrogen (secondary N) is 1. The number of hydrogen-bond acceptors (Lipinski definition) is 5. The molecule has 192 valence electrons. The van der Waals surface area contributed by atoms with Crippen LogP contribution < -0.4 is 10.1 Å². The van der Waals surface area contributed by atoms with Crippen LogP contribution in [0.3, 0.4) is 0 Å². The van der Waals surface area contributed by atoms with E-state index in [1.165, 1.54) is 0 Å². The van der Waals surface area contributed by atoms with Gasteiger partial charge in [-0.1, -0.05) is 73.7 Å². The first kappa shape index (κ1) is 25.9. The van der Waals surface area contributed by atoms with E-state index >= 15 is 0 Å². The molecule has 8 heteroatoms. The molecule has 0 aliphatic carbocycles. The number of benzene rings is 3. The molecule has 0 spiro atoms. The molecule has 0 aliphatic rings. The van der Waals surface area contributed by atoms with Crippen molar-refractivity contribution in [2.45, 2.75) is 39.4 Å². The molecule has 1 N–H and O–H groups in total. The fraction of sp³-hybridized carbons (Fsp3) is 0.310. The molecule has 2 amide bonds. The third-order valence-electron chi connectivity index (χ3n) is 6.21. The van der Waals surface area contributed by atoms with Crippen LogP contribution in [-0.2, 0) is 22.7 Å². The van der Waals surface area contributed by atoms with Gasteiger partial charge in [0.2, 0.25) is 11.8 Å². The summed E-state index contributed by atoms with van der Waals surface area (Å²) >= 11 is 0. The quantitative estimate of drug-likeness (QED) is 0.331. The number of carbonyl (C=O) groups excluding carboxylic acids is 2. The van der Waals surface area contributed by atoms with Crippen molar-refractivity contribution >= 4 is 22.8 Å². The third-order valence-corrected chi connectivity index (χ3v) is 6.21. The van der Waals surface area contributed by atoms with Crippen molar-refractivity contribution in [1.29, 1.82) is 0 Å². The minimum atomic E-state index is -0.818. The lowest BCUT2D eigenvalue weighted by Crippen LogP contribution is -2.45. The van der Waals surface area contributed by atoms with Gasteiger partial charge in [0.25, 0.3) is 0 Å². The molecule has 4 rings (SSSR count). The second-order valence-electron chi connectivity index (χ2n) is 9.40. The van der Waals surface area contributed by atoms with Crippen LogP contribution in [0.4, 0.5) is 0 Å². The summed E-state index contributed by atoms with van der Waals surface area (Å²) in [7, 11) is 1.60. The first-order valence-electron chi connectivity index (χ1n) is 12.5. The lowest BCUT2D eigenvalue weighted by Gasteiger charge is -2.32. The first-order chi connectivity index (χ1) is 18.0. The van der Waals surface area contributed by atoms with E-state index in [2.05, 4.69) is 29.5 Å². The molecule has 0 saturated carbocycles. The van der Waals surface area contributed by atoms with E-state index in [0.29, 0.717) is 23.7 Å². The van der Waals surface area contributed by atoms with Crippen LogP contribution in [0.5, 0.6) is 5.75 Å². The molecule has 1 atom stereocenters. The molecule has 0 bridgehead atoms. The first-order valence-corrected chi connectivity index (χ1v) is 12.5. The highest BCUT2D eigenvalue weighted by atomic mass is 16.5. The number of hydrogen-bond donors (Lipinski definition) is 1. The predicted molar refractivity (Wildman–Crippen MR) is 143 cm³/mol. The monoisotopic (exact) mass is 499 g/mol. The van der Waals surface area contributed by atoms with E-state index in [-0.39, 0.29) is 24.9 Å². The lowest BCUT2D eigenvalue weighted by atomic mass is 10.0. The Morgan fingerprint density at radius 3 is 2.51 bits per heavy atom. The summed E-state index contributed by atoms with van der Waals surface area (Å²) in [6.07, 6.45) is 0.849. The number of fused-ring (bicyclic) bond motifs is 1. The number of carbonyl (C=O) groups is 2. The fourth-order valence-corrected chi connectivity index (χ4v) is 4.23. The van der Waals surface area contributed by atoms with Gasteiger partial charge < -0.3 is 15.0 Å². The Labute approximate surface area is 217 Å². The zero-order chi connectivity index (χ0) is 26.2. The highest BCUT2D eigenvalue weighted by Gasteiger charge is 2.32. The SMILES string of the molecule is COc1cccc(CN(C(=O)Cn2nnc3ccccc32)C(C(=O)NCCC(C)C)c2ccccc2)c1. The van der Waals surface area contributed by atoms with Gasteiger partial charge in [-0.15, -0.1) is 5.10 Å². The van der Waals surface area contributed by atoms with Crippen LogP contribution in [0, 0.1) is 5.92 Å². The van der Waals surface area contributed by atoms with E-state index in [4.69, 9.17) is 4.74 Å². The number of amides is 2. The molecule has 8 nitrogen and oxygen atoms in total. The maximum Gasteiger partial charge on any atom is 0.247 e. The molecule has 0 aliphatic heterocycles. The van der Waals surface area contributed by atoms with Gasteiger partial charge in [-0.2, -0.15) is 0 Å². The zero-order valence-corrected chi connectivity index (χ0v) is 21.5. The van der Waals surface area contributed by atoms with E-state index in [1.54, 1.807) is 16.7 Å². The smallest absolute Gasteiger partial charge is 0.247 e. The summed E-state index contributed by atoms with van der Waals surface area (Å²) in [4.78, 5) is 29.2. The van der Waals surface area contributed by atoms with Crippen molar-refractivity contribution in [2.75, 3.05) is 13.7 Å². The van der Waals surface area contributed by atoms with Gasteiger partial charge in [-0.05, 0) is 47.7 Å². The van der Waals surface area contributed by atoms with Crippen LogP contribution in [0.25, 0.3) is 11.0 Å². The largest absolute Gasteiger partial charge is 0.497 e. The summed E-state index contributed by atoms with van der Waals surface area (Å²) in [5.74, 6) is 0.674. The lowest BCUT2D eigenvalue weighted by molar-refractivity contribution is -0.142. The Hall–Kier alpha value is -4.20. The van der Waals surface area contributed by atoms with Gasteiger partial charge in [-0.25, -0.2) is 4.68 Å². The summed E-state index contributed by atoms with van der Waals surface area (Å²) in [5, 5.41) is 11.4. The van der Waals surface area contributed by atoms with E-state index in [1.807, 2.05) is 78.9 Å². The van der Waals surface area contributed by atoms with Crippen LogP contribution in [0.2, 0.25) is 0 Å². The number of ether oxygens (including phenoxy) is 1. The van der Waals surface area contributed by atoms with Gasteiger partial charge in [0.1, 0.15) is 23.9 Å². The fourth-order valence-electron chi connectivity index (χ4n) is 4.23. The number of aromatic nitrogens is 3. The van der Waals surface area contributed by atoms with Crippen LogP contribution >= 0.6 is 0 Å². The maximum absolute atomic E-state index is 13.9. The zero-order valence-electron chi connectivity index (χ0n) is 21.5. The number of rotatable bonds is 11. The Morgan fingerprint density at radius 1 is 1.00 bits per heavy atom. The molecule has 0 saturated heterocycles. The molecule has 0 radical (unpaired) electrons. The Balaban J connectivity index is 1.71. The average molecular weight is 500 g/mol. The molecule has 1 heterocycles. The van der Waals surface area contributed by atoms with Gasteiger partial charge in [0, 0.05) is 13.1 Å². The summed E-state index contributed by atoms with van der Waals surface area (Å²) in [5.41, 5.74) is 3.06. The Kier molecular flexibility index (Phi) is 8.51. The van der Waals surface area contributed by atoms with Crippen LogP contribution in [-0.4, -0.2) is 45.4 Å². The van der Waals surface area contributed by atoms with Gasteiger partial charge >= 0.3 is 0 Å². The maximum atomic E-state index is 13.9. The summed E-state index contributed by atoms with van der Waals surface area (Å²) in [6, 6.07) is 23.6. The van der Waals surface area contributed by atoms with E-state index in [0.717, 1.165) is 23.1 Å². The van der Waals surface area contributed by atoms with Gasteiger partial charge in [0.05, 0.1) is 12.6 Å². The Morgan fingerprint density at radius 2 is 1.76 bits per heavy atom. The van der Waals surface area contributed by atoms with Gasteiger partial charge in [0.15, 0.2) is 0 Å². The average Bonchev–Trinajstić information content (AvgIpc) is 3.31. The molecule has 37 heavy (non-hydrogen) atoms. The minimum absolute atomic E-state index is 0.0485. The van der Waals surface area contributed by atoms with Crippen molar-refractivity contribution in [3.63, 3.8) is 0 Å². The predicted octanol–water partition coefficient (Wildman–Crippen LogP) is 4.37. The molecule has 4 aromatic rings. The molecule has 1 aromatic heterocycles. The standard InChI is InChI=1S/C29H33N5O3/c1-21(2)16-17-30-29(36)28(23-11-5-4-6-12-23)33(19-22-10-9-13-24(18-22)37-3)27(35)20-34-26-15-8-7-14-25(26)31-32-34/h4-15,18,21,28H,16-17,19-20H2,1-3H3,(H,30,36). The second kappa shape index (κ2) is 12.2. The Bertz CT molecular complexity index is 1340. The van der Waals surface area contributed by atoms with Crippen molar-refractivity contribution in [3.8, 4) is 5.75 Å². The van der Waals surface area contributed by atoms with Crippen molar-refractivity contribution in [3.05, 3.63) is 90.0 Å². The van der Waals surface area contributed by atoms with E-state index in [9.17, 15) is 9.59 Å². The topological polar surface area (TPSA) is 89.3 Å². The van der Waals surface area contributed by atoms with Crippen molar-refractivity contribution < 1.29 is 14.3 Å². The number of para-hydroxylation sites is 1. The van der Waals surface area contributed by atoms with Gasteiger partial charge in [-0.3, -0.25) is 9.59 Å². The molecular formula is C29H33N5O3. The normalized spacial score (nSPS) is 11.9. The minimum Gasteiger partial charge on any atom is -0.497 e. The third kappa shape index (κ3) is 6.52. The highest BCUT2D eigenvalue weighted by Crippen LogP contribution is 2.26. The summed E-state index contributed by atoms with van der Waals surface area (Å²) < 4.78 is 6.97. The summed E-state index contributed by atoms with van der Waals surface area (Å²) in [6.45, 7) is 4.94. The van der Waals surface area contributed by atoms with Crippen molar-refractivity contribution in [1.82, 2.24) is 25.2 Å². The van der Waals surface area contributed by atoms with E-state index < -0.39 is 6.04 Å². The highest BCUT2D eigenvalue weighted by molar-refractivity contribution is 5.89. The number of methoxy groups -OCH3 is 1. The van der Waals surface area contributed by atoms with Crippen LogP contribution in [0.1, 0.15) is 37.4 Å². The molecule has 1 unspecified atom stereocenters. The van der Waals surface area contributed by atoms with Crippen molar-refractivity contribution in [2.24, 2.45) is 5.92 Å². The molecular weight excluding hydrogens is 466 g/mol. The molecule has 0 fully saturated rings. The second-order valence-corrected chi connectivity index (χ2v) is 9.40. The molecule has 3 aromatic carbocycles. The van der Waals surface area contributed by atoms with Crippen LogP contribution in [0.15, 0.2) is 78.9 Å².